The maximum atomic E-state index is 11.2. The van der Waals surface area contributed by atoms with E-state index in [2.05, 4.69) is 11.1 Å². The van der Waals surface area contributed by atoms with Crippen LogP contribution in [0.2, 0.25) is 0 Å². The van der Waals surface area contributed by atoms with Gasteiger partial charge in [-0.15, -0.1) is 0 Å². The highest BCUT2D eigenvalue weighted by Crippen LogP contribution is 2.38. The van der Waals surface area contributed by atoms with Gasteiger partial charge in [0.15, 0.2) is 6.29 Å². The molecule has 0 bridgehead atoms. The lowest BCUT2D eigenvalue weighted by atomic mass is 9.80. The van der Waals surface area contributed by atoms with Crippen LogP contribution in [-0.2, 0) is 0 Å². The molecular formula is C15H19NO. The van der Waals surface area contributed by atoms with Crippen LogP contribution in [0.5, 0.6) is 0 Å². The lowest BCUT2D eigenvalue weighted by molar-refractivity contribution is 0.112. The number of aldehydes is 1. The molecule has 2 nitrogen and oxygen atoms in total. The van der Waals surface area contributed by atoms with Crippen LogP contribution in [0.1, 0.15) is 78.4 Å². The quantitative estimate of drug-likeness (QED) is 0.737. The van der Waals surface area contributed by atoms with Crippen molar-refractivity contribution in [3.8, 4) is 0 Å². The Bertz CT molecular complexity index is 417. The standard InChI is InChI=1S/C15H19NO/c17-10-14-8-13(11-6-3-7-11)9-16-15(14)12-4-1-2-5-12/h8-12H,1-7H2. The predicted molar refractivity (Wildman–Crippen MR) is 67.4 cm³/mol. The van der Waals surface area contributed by atoms with Gasteiger partial charge in [-0.05, 0) is 43.2 Å². The molecule has 3 rings (SSSR count). The Labute approximate surface area is 102 Å². The smallest absolute Gasteiger partial charge is 0.151 e. The first-order valence-corrected chi connectivity index (χ1v) is 6.83. The molecule has 0 unspecified atom stereocenters. The first-order chi connectivity index (χ1) is 8.38. The molecule has 2 aliphatic rings. The van der Waals surface area contributed by atoms with Gasteiger partial charge in [-0.3, -0.25) is 9.78 Å². The van der Waals surface area contributed by atoms with E-state index >= 15 is 0 Å². The summed E-state index contributed by atoms with van der Waals surface area (Å²) in [7, 11) is 0. The van der Waals surface area contributed by atoms with Crippen LogP contribution in [0, 0.1) is 0 Å². The molecule has 0 spiro atoms. The molecule has 0 amide bonds. The minimum Gasteiger partial charge on any atom is -0.298 e. The number of hydrogen-bond donors (Lipinski definition) is 0. The van der Waals surface area contributed by atoms with Crippen molar-refractivity contribution < 1.29 is 4.79 Å². The van der Waals surface area contributed by atoms with Crippen LogP contribution < -0.4 is 0 Å². The van der Waals surface area contributed by atoms with Crippen LogP contribution in [-0.4, -0.2) is 11.3 Å². The molecule has 2 saturated carbocycles. The second kappa shape index (κ2) is 4.59. The van der Waals surface area contributed by atoms with E-state index < -0.39 is 0 Å². The topological polar surface area (TPSA) is 30.0 Å². The zero-order valence-corrected chi connectivity index (χ0v) is 10.2. The molecule has 2 fully saturated rings. The maximum absolute atomic E-state index is 11.2. The van der Waals surface area contributed by atoms with Gasteiger partial charge < -0.3 is 0 Å². The first-order valence-electron chi connectivity index (χ1n) is 6.83. The first kappa shape index (κ1) is 10.9. The Morgan fingerprint density at radius 1 is 1.06 bits per heavy atom. The molecule has 2 heteroatoms. The molecule has 0 radical (unpaired) electrons. The zero-order chi connectivity index (χ0) is 11.7. The van der Waals surface area contributed by atoms with Gasteiger partial charge in [0.05, 0.1) is 5.69 Å². The summed E-state index contributed by atoms with van der Waals surface area (Å²) in [5, 5.41) is 0. The van der Waals surface area contributed by atoms with E-state index in [1.807, 2.05) is 6.20 Å². The molecule has 2 aliphatic carbocycles. The van der Waals surface area contributed by atoms with Crippen molar-refractivity contribution in [2.45, 2.75) is 56.8 Å². The van der Waals surface area contributed by atoms with Gasteiger partial charge in [-0.25, -0.2) is 0 Å². The summed E-state index contributed by atoms with van der Waals surface area (Å²) < 4.78 is 0. The SMILES string of the molecule is O=Cc1cc(C2CCC2)cnc1C1CCCC1. The molecule has 90 valence electrons. The van der Waals surface area contributed by atoms with Crippen LogP contribution in [0.3, 0.4) is 0 Å². The number of carbonyl (C=O) groups is 1. The summed E-state index contributed by atoms with van der Waals surface area (Å²) in [5.41, 5.74) is 3.18. The molecule has 1 aromatic rings. The Hall–Kier alpha value is -1.18. The van der Waals surface area contributed by atoms with Gasteiger partial charge in [0.1, 0.15) is 0 Å². The Kier molecular flexibility index (Phi) is 2.96. The number of rotatable bonds is 3. The zero-order valence-electron chi connectivity index (χ0n) is 10.2. The van der Waals surface area contributed by atoms with E-state index in [0.717, 1.165) is 17.5 Å². The molecule has 17 heavy (non-hydrogen) atoms. The van der Waals surface area contributed by atoms with E-state index in [0.29, 0.717) is 11.8 Å². The highest BCUT2D eigenvalue weighted by atomic mass is 16.1. The highest BCUT2D eigenvalue weighted by Gasteiger charge is 2.24. The van der Waals surface area contributed by atoms with Gasteiger partial charge in [-0.1, -0.05) is 19.3 Å². The molecule has 1 aromatic heterocycles. The van der Waals surface area contributed by atoms with E-state index in [1.54, 1.807) is 0 Å². The summed E-state index contributed by atoms with van der Waals surface area (Å²) in [6, 6.07) is 2.09. The fraction of sp³-hybridized carbons (Fsp3) is 0.600. The predicted octanol–water partition coefficient (Wildman–Crippen LogP) is 3.82. The second-order valence-electron chi connectivity index (χ2n) is 5.47. The van der Waals surface area contributed by atoms with Crippen LogP contribution in [0.15, 0.2) is 12.3 Å². The Morgan fingerprint density at radius 2 is 1.76 bits per heavy atom. The molecule has 0 atom stereocenters. The second-order valence-corrected chi connectivity index (χ2v) is 5.47. The summed E-state index contributed by atoms with van der Waals surface area (Å²) >= 11 is 0. The number of carbonyl (C=O) groups excluding carboxylic acids is 1. The van der Waals surface area contributed by atoms with Gasteiger partial charge in [0, 0.05) is 17.7 Å². The van der Waals surface area contributed by atoms with E-state index in [-0.39, 0.29) is 0 Å². The van der Waals surface area contributed by atoms with Gasteiger partial charge in [0.2, 0.25) is 0 Å². The van der Waals surface area contributed by atoms with Crippen molar-refractivity contribution in [2.75, 3.05) is 0 Å². The van der Waals surface area contributed by atoms with Crippen molar-refractivity contribution in [1.82, 2.24) is 4.98 Å². The van der Waals surface area contributed by atoms with Crippen LogP contribution in [0.4, 0.5) is 0 Å². The lowest BCUT2D eigenvalue weighted by Crippen LogP contribution is -2.11. The highest BCUT2D eigenvalue weighted by molar-refractivity contribution is 5.77. The maximum Gasteiger partial charge on any atom is 0.151 e. The minimum atomic E-state index is 0.533. The molecule has 0 saturated heterocycles. The van der Waals surface area contributed by atoms with E-state index in [4.69, 9.17) is 0 Å². The molecule has 1 heterocycles. The Morgan fingerprint density at radius 3 is 2.35 bits per heavy atom. The third-order valence-electron chi connectivity index (χ3n) is 4.42. The van der Waals surface area contributed by atoms with Gasteiger partial charge in [-0.2, -0.15) is 0 Å². The van der Waals surface area contributed by atoms with Gasteiger partial charge in [0.25, 0.3) is 0 Å². The lowest BCUT2D eigenvalue weighted by Gasteiger charge is -2.26. The normalized spacial score (nSPS) is 21.4. The van der Waals surface area contributed by atoms with Crippen LogP contribution >= 0.6 is 0 Å². The molecule has 0 aliphatic heterocycles. The average Bonchev–Trinajstić information content (AvgIpc) is 2.80. The molecular weight excluding hydrogens is 210 g/mol. The third kappa shape index (κ3) is 2.01. The van der Waals surface area contributed by atoms with Crippen molar-refractivity contribution >= 4 is 6.29 Å². The van der Waals surface area contributed by atoms with Crippen LogP contribution in [0.25, 0.3) is 0 Å². The fourth-order valence-electron chi connectivity index (χ4n) is 3.11. The summed E-state index contributed by atoms with van der Waals surface area (Å²) in [5.74, 6) is 1.20. The van der Waals surface area contributed by atoms with Crippen molar-refractivity contribution in [3.63, 3.8) is 0 Å². The van der Waals surface area contributed by atoms with E-state index in [9.17, 15) is 4.79 Å². The third-order valence-corrected chi connectivity index (χ3v) is 4.42. The number of hydrogen-bond acceptors (Lipinski definition) is 2. The molecule has 0 aromatic carbocycles. The van der Waals surface area contributed by atoms with E-state index in [1.165, 1.54) is 50.5 Å². The minimum absolute atomic E-state index is 0.533. The molecule has 0 N–H and O–H groups in total. The average molecular weight is 229 g/mol. The largest absolute Gasteiger partial charge is 0.298 e. The van der Waals surface area contributed by atoms with Crippen molar-refractivity contribution in [3.05, 3.63) is 29.1 Å². The number of nitrogens with zero attached hydrogens (tertiary/aromatic N) is 1. The number of aromatic nitrogens is 1. The number of pyridine rings is 1. The van der Waals surface area contributed by atoms with Crippen molar-refractivity contribution in [2.24, 2.45) is 0 Å². The monoisotopic (exact) mass is 229 g/mol. The van der Waals surface area contributed by atoms with Gasteiger partial charge >= 0.3 is 0 Å². The summed E-state index contributed by atoms with van der Waals surface area (Å²) in [6.07, 6.45) is 11.9. The van der Waals surface area contributed by atoms with Crippen molar-refractivity contribution in [1.29, 1.82) is 0 Å². The summed E-state index contributed by atoms with van der Waals surface area (Å²) in [4.78, 5) is 15.8. The summed E-state index contributed by atoms with van der Waals surface area (Å²) in [6.45, 7) is 0. The Balaban J connectivity index is 1.90. The fourth-order valence-corrected chi connectivity index (χ4v) is 3.11.